The summed E-state index contributed by atoms with van der Waals surface area (Å²) in [6.07, 6.45) is -2.14. The molecule has 0 aromatic heterocycles. The molecule has 0 radical (unpaired) electrons. The van der Waals surface area contributed by atoms with Gasteiger partial charge in [-0.1, -0.05) is 6.92 Å². The zero-order valence-electron chi connectivity index (χ0n) is 14.5. The minimum absolute atomic E-state index is 0.126. The van der Waals surface area contributed by atoms with Gasteiger partial charge in [0.1, 0.15) is 23.8 Å². The Morgan fingerprint density at radius 3 is 1.52 bits per heavy atom. The highest BCUT2D eigenvalue weighted by atomic mass is 32.2. The van der Waals surface area contributed by atoms with Crippen LogP contribution in [0.3, 0.4) is 0 Å². The van der Waals surface area contributed by atoms with Gasteiger partial charge in [-0.2, -0.15) is 16.8 Å². The molecule has 0 heterocycles. The largest absolute Gasteiger partial charge is 0.297 e. The number of rotatable bonds is 8. The summed E-state index contributed by atoms with van der Waals surface area (Å²) in [7, 11) is -8.50. The van der Waals surface area contributed by atoms with Crippen molar-refractivity contribution in [1.82, 2.24) is 0 Å². The second-order valence-electron chi connectivity index (χ2n) is 5.66. The number of hydrogen-bond acceptors (Lipinski definition) is 6. The summed E-state index contributed by atoms with van der Waals surface area (Å²) in [6.45, 7) is 2.94. The third-order valence-electron chi connectivity index (χ3n) is 3.66. The molecule has 0 saturated carbocycles. The van der Waals surface area contributed by atoms with Crippen LogP contribution in [0.2, 0.25) is 0 Å². The fraction of sp³-hybridized carbons (Fsp3) is 0.294. The molecular weight excluding hydrogens is 402 g/mol. The van der Waals surface area contributed by atoms with E-state index in [1.807, 2.05) is 0 Å². The lowest BCUT2D eigenvalue weighted by Crippen LogP contribution is -2.32. The SMILES string of the molecule is CCC(OS(=O)(=O)c1ccc(F)cc1)C(C)OS(=O)(=O)c1ccc(F)cc1. The van der Waals surface area contributed by atoms with Crippen LogP contribution >= 0.6 is 0 Å². The molecule has 6 nitrogen and oxygen atoms in total. The number of hydrogen-bond donors (Lipinski definition) is 0. The standard InChI is InChI=1S/C17H18F2O6S2/c1-3-17(25-27(22,23)16-10-6-14(19)7-11-16)12(2)24-26(20,21)15-8-4-13(18)5-9-15/h4-12,17H,3H2,1-2H3. The zero-order valence-corrected chi connectivity index (χ0v) is 16.1. The predicted octanol–water partition coefficient (Wildman–Crippen LogP) is 3.24. The number of benzene rings is 2. The maximum atomic E-state index is 13.0. The molecule has 148 valence electrons. The van der Waals surface area contributed by atoms with Gasteiger partial charge in [-0.05, 0) is 61.9 Å². The first-order valence-corrected chi connectivity index (χ1v) is 10.7. The average molecular weight is 420 g/mol. The van der Waals surface area contributed by atoms with Crippen LogP contribution in [0.5, 0.6) is 0 Å². The third-order valence-corrected chi connectivity index (χ3v) is 6.42. The van der Waals surface area contributed by atoms with Gasteiger partial charge in [0.2, 0.25) is 0 Å². The molecule has 0 aliphatic heterocycles. The highest BCUT2D eigenvalue weighted by Crippen LogP contribution is 2.22. The molecule has 10 heteroatoms. The van der Waals surface area contributed by atoms with Crippen molar-refractivity contribution in [2.24, 2.45) is 0 Å². The van der Waals surface area contributed by atoms with E-state index in [1.54, 1.807) is 6.92 Å². The van der Waals surface area contributed by atoms with Crippen molar-refractivity contribution in [1.29, 1.82) is 0 Å². The first-order valence-electron chi connectivity index (χ1n) is 7.93. The fourth-order valence-electron chi connectivity index (χ4n) is 2.22. The van der Waals surface area contributed by atoms with Crippen molar-refractivity contribution >= 4 is 20.2 Å². The molecule has 2 rings (SSSR count). The molecule has 0 aliphatic rings. The quantitative estimate of drug-likeness (QED) is 0.610. The molecule has 0 fully saturated rings. The highest BCUT2D eigenvalue weighted by molar-refractivity contribution is 7.87. The average Bonchev–Trinajstić information content (AvgIpc) is 2.60. The summed E-state index contributed by atoms with van der Waals surface area (Å²) in [5.41, 5.74) is 0. The molecule has 0 aliphatic carbocycles. The van der Waals surface area contributed by atoms with Crippen molar-refractivity contribution in [3.63, 3.8) is 0 Å². The van der Waals surface area contributed by atoms with Crippen molar-refractivity contribution < 1.29 is 34.0 Å². The monoisotopic (exact) mass is 420 g/mol. The van der Waals surface area contributed by atoms with Gasteiger partial charge in [0, 0.05) is 0 Å². The summed E-state index contributed by atoms with van der Waals surface area (Å²) < 4.78 is 85.1. The van der Waals surface area contributed by atoms with E-state index in [2.05, 4.69) is 0 Å². The Labute approximate surface area is 157 Å². The molecule has 27 heavy (non-hydrogen) atoms. The van der Waals surface area contributed by atoms with Crippen molar-refractivity contribution in [2.45, 2.75) is 42.3 Å². The van der Waals surface area contributed by atoms with E-state index in [0.717, 1.165) is 48.5 Å². The minimum Gasteiger partial charge on any atom is -0.261 e. The van der Waals surface area contributed by atoms with Crippen LogP contribution in [0, 0.1) is 11.6 Å². The Hall–Kier alpha value is -1.88. The minimum atomic E-state index is -4.25. The van der Waals surface area contributed by atoms with Gasteiger partial charge in [-0.3, -0.25) is 8.37 Å². The Morgan fingerprint density at radius 2 is 1.15 bits per heavy atom. The summed E-state index contributed by atoms with van der Waals surface area (Å²) in [6, 6.07) is 8.02. The van der Waals surface area contributed by atoms with E-state index >= 15 is 0 Å². The number of halogens is 2. The van der Waals surface area contributed by atoms with Crippen LogP contribution in [0.25, 0.3) is 0 Å². The lowest BCUT2D eigenvalue weighted by Gasteiger charge is -2.22. The van der Waals surface area contributed by atoms with Crippen LogP contribution in [0.4, 0.5) is 8.78 Å². The Morgan fingerprint density at radius 1 is 0.778 bits per heavy atom. The molecule has 2 atom stereocenters. The maximum absolute atomic E-state index is 13.0. The molecule has 0 bridgehead atoms. The normalized spacial score (nSPS) is 14.7. The van der Waals surface area contributed by atoms with Gasteiger partial charge in [0.15, 0.2) is 0 Å². The molecule has 0 N–H and O–H groups in total. The van der Waals surface area contributed by atoms with Gasteiger partial charge in [-0.15, -0.1) is 0 Å². The van der Waals surface area contributed by atoms with E-state index in [0.29, 0.717) is 0 Å². The summed E-state index contributed by atoms with van der Waals surface area (Å²) >= 11 is 0. The molecule has 0 amide bonds. The van der Waals surface area contributed by atoms with Crippen molar-refractivity contribution in [2.75, 3.05) is 0 Å². The Bertz CT molecular complexity index is 971. The molecule has 2 aromatic carbocycles. The van der Waals surface area contributed by atoms with Gasteiger partial charge < -0.3 is 0 Å². The maximum Gasteiger partial charge on any atom is 0.297 e. The van der Waals surface area contributed by atoms with Gasteiger partial charge in [0.25, 0.3) is 20.2 Å². The lowest BCUT2D eigenvalue weighted by molar-refractivity contribution is 0.0720. The van der Waals surface area contributed by atoms with Crippen LogP contribution in [-0.2, 0) is 28.6 Å². The van der Waals surface area contributed by atoms with Gasteiger partial charge >= 0.3 is 0 Å². The highest BCUT2D eigenvalue weighted by Gasteiger charge is 2.30. The zero-order chi connectivity index (χ0) is 20.2. The summed E-state index contributed by atoms with van der Waals surface area (Å²) in [5.74, 6) is -1.22. The first kappa shape index (κ1) is 21.4. The van der Waals surface area contributed by atoms with Crippen molar-refractivity contribution in [3.8, 4) is 0 Å². The smallest absolute Gasteiger partial charge is 0.261 e. The van der Waals surface area contributed by atoms with E-state index in [1.165, 1.54) is 6.92 Å². The second kappa shape index (κ2) is 8.42. The van der Waals surface area contributed by atoms with E-state index in [9.17, 15) is 25.6 Å². The van der Waals surface area contributed by atoms with Crippen LogP contribution in [-0.4, -0.2) is 29.0 Å². The molecule has 0 spiro atoms. The Balaban J connectivity index is 2.16. The molecule has 0 saturated heterocycles. The van der Waals surface area contributed by atoms with E-state index in [4.69, 9.17) is 8.37 Å². The molecular formula is C17H18F2O6S2. The van der Waals surface area contributed by atoms with Gasteiger partial charge in [-0.25, -0.2) is 8.78 Å². The van der Waals surface area contributed by atoms with Crippen LogP contribution in [0.15, 0.2) is 58.3 Å². The second-order valence-corrected chi connectivity index (χ2v) is 8.80. The predicted molar refractivity (Wildman–Crippen MR) is 92.9 cm³/mol. The Kier molecular flexibility index (Phi) is 6.68. The fourth-order valence-corrected chi connectivity index (χ4v) is 4.52. The summed E-state index contributed by atoms with van der Waals surface area (Å²) in [5, 5.41) is 0. The van der Waals surface area contributed by atoms with Crippen molar-refractivity contribution in [3.05, 3.63) is 60.2 Å². The van der Waals surface area contributed by atoms with Gasteiger partial charge in [0.05, 0.1) is 9.79 Å². The first-order chi connectivity index (χ1) is 12.5. The molecule has 2 unspecified atom stereocenters. The lowest BCUT2D eigenvalue weighted by atomic mass is 10.2. The van der Waals surface area contributed by atoms with Crippen LogP contribution < -0.4 is 0 Å². The topological polar surface area (TPSA) is 86.7 Å². The van der Waals surface area contributed by atoms with Crippen LogP contribution in [0.1, 0.15) is 20.3 Å². The third kappa shape index (κ3) is 5.55. The molecule has 2 aromatic rings. The van der Waals surface area contributed by atoms with E-state index < -0.39 is 44.1 Å². The van der Waals surface area contributed by atoms with E-state index in [-0.39, 0.29) is 16.2 Å². The summed E-state index contributed by atoms with van der Waals surface area (Å²) in [4.78, 5) is -0.539.